The van der Waals surface area contributed by atoms with E-state index >= 15 is 0 Å². The molecule has 0 saturated heterocycles. The zero-order chi connectivity index (χ0) is 19.4. The summed E-state index contributed by atoms with van der Waals surface area (Å²) < 4.78 is 0. The van der Waals surface area contributed by atoms with Gasteiger partial charge in [-0.1, -0.05) is 17.7 Å². The molecule has 0 unspecified atom stereocenters. The van der Waals surface area contributed by atoms with Gasteiger partial charge in [-0.25, -0.2) is 4.98 Å². The highest BCUT2D eigenvalue weighted by Crippen LogP contribution is 2.19. The van der Waals surface area contributed by atoms with Gasteiger partial charge in [-0.05, 0) is 61.4 Å². The molecule has 0 saturated carbocycles. The Morgan fingerprint density at radius 3 is 2.37 bits per heavy atom. The topological polar surface area (TPSA) is 71.1 Å². The summed E-state index contributed by atoms with van der Waals surface area (Å²) in [6, 6.07) is 12.5. The molecule has 0 fully saturated rings. The van der Waals surface area contributed by atoms with Crippen molar-refractivity contribution in [2.45, 2.75) is 20.3 Å². The van der Waals surface area contributed by atoms with Crippen LogP contribution in [0.15, 0.2) is 47.8 Å². The summed E-state index contributed by atoms with van der Waals surface area (Å²) in [6.45, 7) is 3.97. The van der Waals surface area contributed by atoms with E-state index in [-0.39, 0.29) is 18.2 Å². The van der Waals surface area contributed by atoms with Crippen molar-refractivity contribution in [1.82, 2.24) is 4.98 Å². The van der Waals surface area contributed by atoms with Crippen molar-refractivity contribution < 1.29 is 9.59 Å². The average molecular weight is 400 g/mol. The number of benzene rings is 2. The molecule has 27 heavy (non-hydrogen) atoms. The minimum Gasteiger partial charge on any atom is -0.326 e. The lowest BCUT2D eigenvalue weighted by Gasteiger charge is -2.06. The fourth-order valence-electron chi connectivity index (χ4n) is 2.63. The molecule has 7 heteroatoms. The van der Waals surface area contributed by atoms with Crippen molar-refractivity contribution in [2.75, 3.05) is 10.6 Å². The predicted molar refractivity (Wildman–Crippen MR) is 110 cm³/mol. The van der Waals surface area contributed by atoms with Gasteiger partial charge in [-0.2, -0.15) is 0 Å². The number of amides is 2. The third-order valence-electron chi connectivity index (χ3n) is 3.73. The van der Waals surface area contributed by atoms with Crippen LogP contribution in [0.4, 0.5) is 10.8 Å². The monoisotopic (exact) mass is 399 g/mol. The molecule has 3 aromatic rings. The minimum absolute atomic E-state index is 0.139. The van der Waals surface area contributed by atoms with Crippen molar-refractivity contribution >= 4 is 45.6 Å². The van der Waals surface area contributed by atoms with Crippen LogP contribution in [0.1, 0.15) is 27.2 Å². The molecule has 0 bridgehead atoms. The van der Waals surface area contributed by atoms with E-state index in [0.29, 0.717) is 21.4 Å². The van der Waals surface area contributed by atoms with Crippen LogP contribution in [0, 0.1) is 13.8 Å². The Hall–Kier alpha value is -2.70. The van der Waals surface area contributed by atoms with Crippen LogP contribution in [0.25, 0.3) is 0 Å². The van der Waals surface area contributed by atoms with Crippen LogP contribution in [-0.2, 0) is 11.2 Å². The van der Waals surface area contributed by atoms with E-state index in [1.165, 1.54) is 11.3 Å². The summed E-state index contributed by atoms with van der Waals surface area (Å²) in [6.07, 6.45) is 0.139. The molecule has 0 aliphatic rings. The van der Waals surface area contributed by atoms with Crippen molar-refractivity contribution in [1.29, 1.82) is 0 Å². The Morgan fingerprint density at radius 1 is 1.04 bits per heavy atom. The van der Waals surface area contributed by atoms with Crippen LogP contribution in [0.2, 0.25) is 5.02 Å². The average Bonchev–Trinajstić information content (AvgIpc) is 3.01. The lowest BCUT2D eigenvalue weighted by Crippen LogP contribution is -2.15. The largest absolute Gasteiger partial charge is 0.326 e. The zero-order valence-electron chi connectivity index (χ0n) is 14.9. The normalized spacial score (nSPS) is 10.5. The van der Waals surface area contributed by atoms with E-state index in [4.69, 9.17) is 11.6 Å². The number of anilines is 2. The molecule has 0 aliphatic carbocycles. The summed E-state index contributed by atoms with van der Waals surface area (Å²) in [5.74, 6) is -0.423. The van der Waals surface area contributed by atoms with Crippen LogP contribution >= 0.6 is 22.9 Å². The molecule has 2 aromatic carbocycles. The van der Waals surface area contributed by atoms with Gasteiger partial charge in [-0.15, -0.1) is 11.3 Å². The summed E-state index contributed by atoms with van der Waals surface area (Å²) in [5, 5.41) is 8.39. The first-order chi connectivity index (χ1) is 12.9. The number of halogens is 1. The standard InChI is InChI=1S/C20H18ClN3O2S/c1-12-7-13(2)9-16(8-12)22-18(25)10-17-11-27-20(23-17)24-19(26)14-3-5-15(21)6-4-14/h3-9,11H,10H2,1-2H3,(H,22,25)(H,23,24,26). The molecule has 2 N–H and O–H groups in total. The van der Waals surface area contributed by atoms with E-state index in [9.17, 15) is 9.59 Å². The maximum atomic E-state index is 12.2. The molecule has 1 aromatic heterocycles. The van der Waals surface area contributed by atoms with Gasteiger partial charge in [0.05, 0.1) is 12.1 Å². The number of rotatable bonds is 5. The first kappa shape index (κ1) is 19.1. The predicted octanol–water partition coefficient (Wildman–Crippen LogP) is 4.85. The Labute approximate surface area is 166 Å². The van der Waals surface area contributed by atoms with Gasteiger partial charge >= 0.3 is 0 Å². The molecular formula is C20H18ClN3O2S. The molecule has 2 amide bonds. The summed E-state index contributed by atoms with van der Waals surface area (Å²) in [5.41, 5.74) is 4.04. The molecular weight excluding hydrogens is 382 g/mol. The van der Waals surface area contributed by atoms with Gasteiger partial charge in [0.1, 0.15) is 0 Å². The number of aryl methyl sites for hydroxylation is 2. The molecule has 138 valence electrons. The molecule has 0 atom stereocenters. The number of hydrogen-bond donors (Lipinski definition) is 2. The quantitative estimate of drug-likeness (QED) is 0.644. The maximum absolute atomic E-state index is 12.2. The number of thiazole rings is 1. The van der Waals surface area contributed by atoms with Crippen LogP contribution in [0.5, 0.6) is 0 Å². The second-order valence-electron chi connectivity index (χ2n) is 6.21. The number of carbonyl (C=O) groups is 2. The van der Waals surface area contributed by atoms with Crippen molar-refractivity contribution in [3.63, 3.8) is 0 Å². The number of nitrogens with one attached hydrogen (secondary N) is 2. The van der Waals surface area contributed by atoms with Crippen molar-refractivity contribution in [3.8, 4) is 0 Å². The molecule has 5 nitrogen and oxygen atoms in total. The first-order valence-corrected chi connectivity index (χ1v) is 9.54. The summed E-state index contributed by atoms with van der Waals surface area (Å²) >= 11 is 7.10. The van der Waals surface area contributed by atoms with Gasteiger partial charge < -0.3 is 5.32 Å². The van der Waals surface area contributed by atoms with E-state index in [1.807, 2.05) is 32.0 Å². The van der Waals surface area contributed by atoms with E-state index in [0.717, 1.165) is 16.8 Å². The SMILES string of the molecule is Cc1cc(C)cc(NC(=O)Cc2csc(NC(=O)c3ccc(Cl)cc3)n2)c1. The third-order valence-corrected chi connectivity index (χ3v) is 4.78. The highest BCUT2D eigenvalue weighted by Gasteiger charge is 2.12. The third kappa shape index (κ3) is 5.39. The van der Waals surface area contributed by atoms with E-state index in [1.54, 1.807) is 29.6 Å². The lowest BCUT2D eigenvalue weighted by atomic mass is 10.1. The molecule has 1 heterocycles. The highest BCUT2D eigenvalue weighted by molar-refractivity contribution is 7.14. The van der Waals surface area contributed by atoms with Crippen molar-refractivity contribution in [2.24, 2.45) is 0 Å². The molecule has 0 aliphatic heterocycles. The van der Waals surface area contributed by atoms with E-state index < -0.39 is 0 Å². The minimum atomic E-state index is -0.271. The van der Waals surface area contributed by atoms with Gasteiger partial charge in [0.2, 0.25) is 5.91 Å². The number of carbonyl (C=O) groups excluding carboxylic acids is 2. The first-order valence-electron chi connectivity index (χ1n) is 8.28. The number of aromatic nitrogens is 1. The molecule has 0 radical (unpaired) electrons. The molecule has 0 spiro atoms. The van der Waals surface area contributed by atoms with Gasteiger partial charge in [0.25, 0.3) is 5.91 Å². The smallest absolute Gasteiger partial charge is 0.257 e. The molecule has 3 rings (SSSR count). The fourth-order valence-corrected chi connectivity index (χ4v) is 3.46. The summed E-state index contributed by atoms with van der Waals surface area (Å²) in [7, 11) is 0. The zero-order valence-corrected chi connectivity index (χ0v) is 16.4. The second kappa shape index (κ2) is 8.33. The van der Waals surface area contributed by atoms with Crippen molar-refractivity contribution in [3.05, 3.63) is 75.3 Å². The Kier molecular flexibility index (Phi) is 5.88. The Bertz CT molecular complexity index is 963. The van der Waals surface area contributed by atoms with Crippen LogP contribution in [-0.4, -0.2) is 16.8 Å². The van der Waals surface area contributed by atoms with E-state index in [2.05, 4.69) is 15.6 Å². The Balaban J connectivity index is 1.59. The number of nitrogens with zero attached hydrogens (tertiary/aromatic N) is 1. The maximum Gasteiger partial charge on any atom is 0.257 e. The van der Waals surface area contributed by atoms with Crippen LogP contribution < -0.4 is 10.6 Å². The number of hydrogen-bond acceptors (Lipinski definition) is 4. The van der Waals surface area contributed by atoms with Gasteiger partial charge in [0, 0.05) is 21.7 Å². The Morgan fingerprint density at radius 2 is 1.70 bits per heavy atom. The van der Waals surface area contributed by atoms with Crippen LogP contribution in [0.3, 0.4) is 0 Å². The van der Waals surface area contributed by atoms with Gasteiger partial charge in [-0.3, -0.25) is 14.9 Å². The lowest BCUT2D eigenvalue weighted by molar-refractivity contribution is -0.115. The fraction of sp³-hybridized carbons (Fsp3) is 0.150. The van der Waals surface area contributed by atoms with Gasteiger partial charge in [0.15, 0.2) is 5.13 Å². The highest BCUT2D eigenvalue weighted by atomic mass is 35.5. The second-order valence-corrected chi connectivity index (χ2v) is 7.50. The summed E-state index contributed by atoms with van der Waals surface area (Å²) in [4.78, 5) is 28.7.